The molecular formula is C13H12FN3O. The fourth-order valence-electron chi connectivity index (χ4n) is 2.19. The molecule has 3 rings (SSSR count). The molecule has 1 aliphatic rings. The third kappa shape index (κ3) is 1.77. The molecule has 0 atom stereocenters. The van der Waals surface area contributed by atoms with Gasteiger partial charge in [-0.05, 0) is 12.1 Å². The number of aromatic amines is 1. The number of carbonyl (C=O) groups excluding carboxylic acids is 1. The fraction of sp³-hybridized carbons (Fsp3) is 0.231. The van der Waals surface area contributed by atoms with E-state index in [1.807, 2.05) is 0 Å². The number of carbonyl (C=O) groups is 1. The average molecular weight is 245 g/mol. The van der Waals surface area contributed by atoms with Crippen LogP contribution in [0.5, 0.6) is 0 Å². The van der Waals surface area contributed by atoms with Crippen LogP contribution in [0, 0.1) is 5.82 Å². The van der Waals surface area contributed by atoms with Gasteiger partial charge in [-0.15, -0.1) is 0 Å². The highest BCUT2D eigenvalue weighted by Crippen LogP contribution is 2.18. The summed E-state index contributed by atoms with van der Waals surface area (Å²) in [6.07, 6.45) is 2.33. The van der Waals surface area contributed by atoms with Crippen molar-refractivity contribution in [3.05, 3.63) is 53.4 Å². The Hall–Kier alpha value is -2.17. The van der Waals surface area contributed by atoms with Gasteiger partial charge in [0, 0.05) is 13.0 Å². The minimum absolute atomic E-state index is 0.125. The van der Waals surface area contributed by atoms with Crippen LogP contribution >= 0.6 is 0 Å². The molecule has 0 unspecified atom stereocenters. The molecule has 1 N–H and O–H groups in total. The molecular weight excluding hydrogens is 233 g/mol. The molecule has 0 spiro atoms. The van der Waals surface area contributed by atoms with Gasteiger partial charge in [0.05, 0.1) is 29.8 Å². The molecule has 5 heteroatoms. The smallest absolute Gasteiger partial charge is 0.257 e. The highest BCUT2D eigenvalue weighted by molar-refractivity contribution is 5.94. The average Bonchev–Trinajstić information content (AvgIpc) is 2.85. The van der Waals surface area contributed by atoms with E-state index in [1.165, 1.54) is 12.1 Å². The van der Waals surface area contributed by atoms with Crippen LogP contribution < -0.4 is 0 Å². The van der Waals surface area contributed by atoms with E-state index in [0.717, 1.165) is 11.4 Å². The Morgan fingerprint density at radius 3 is 3.06 bits per heavy atom. The molecule has 2 heterocycles. The van der Waals surface area contributed by atoms with E-state index < -0.39 is 5.82 Å². The zero-order valence-electron chi connectivity index (χ0n) is 9.69. The van der Waals surface area contributed by atoms with Gasteiger partial charge >= 0.3 is 0 Å². The minimum atomic E-state index is -0.474. The van der Waals surface area contributed by atoms with Gasteiger partial charge in [0.15, 0.2) is 0 Å². The van der Waals surface area contributed by atoms with Crippen LogP contribution in [0.1, 0.15) is 21.7 Å². The Balaban J connectivity index is 1.85. The predicted molar refractivity (Wildman–Crippen MR) is 63.4 cm³/mol. The van der Waals surface area contributed by atoms with Gasteiger partial charge in [0.25, 0.3) is 5.91 Å². The number of halogens is 1. The van der Waals surface area contributed by atoms with E-state index in [2.05, 4.69) is 9.97 Å². The number of benzene rings is 1. The Morgan fingerprint density at radius 2 is 2.22 bits per heavy atom. The summed E-state index contributed by atoms with van der Waals surface area (Å²) in [7, 11) is 0. The van der Waals surface area contributed by atoms with Crippen LogP contribution in [0.2, 0.25) is 0 Å². The van der Waals surface area contributed by atoms with Gasteiger partial charge in [0.2, 0.25) is 0 Å². The van der Waals surface area contributed by atoms with E-state index in [0.29, 0.717) is 19.5 Å². The lowest BCUT2D eigenvalue weighted by atomic mass is 10.1. The number of H-pyrrole nitrogens is 1. The molecule has 2 aromatic rings. The summed E-state index contributed by atoms with van der Waals surface area (Å²) in [5, 5.41) is 0. The highest BCUT2D eigenvalue weighted by atomic mass is 19.1. The number of nitrogens with one attached hydrogen (secondary N) is 1. The van der Waals surface area contributed by atoms with Crippen molar-refractivity contribution in [1.29, 1.82) is 0 Å². The molecule has 0 fully saturated rings. The first-order valence-corrected chi connectivity index (χ1v) is 5.80. The molecule has 1 aromatic carbocycles. The summed E-state index contributed by atoms with van der Waals surface area (Å²) in [5.41, 5.74) is 2.05. The molecule has 1 amide bonds. The van der Waals surface area contributed by atoms with Crippen molar-refractivity contribution in [1.82, 2.24) is 14.9 Å². The van der Waals surface area contributed by atoms with E-state index in [9.17, 15) is 9.18 Å². The summed E-state index contributed by atoms with van der Waals surface area (Å²) in [6, 6.07) is 6.07. The Morgan fingerprint density at radius 1 is 1.39 bits per heavy atom. The first-order valence-electron chi connectivity index (χ1n) is 5.80. The number of fused-ring (bicyclic) bond motifs is 1. The third-order valence-electron chi connectivity index (χ3n) is 3.17. The molecule has 18 heavy (non-hydrogen) atoms. The maximum absolute atomic E-state index is 13.6. The van der Waals surface area contributed by atoms with Crippen LogP contribution in [0.15, 0.2) is 30.6 Å². The van der Waals surface area contributed by atoms with Gasteiger partial charge in [0.1, 0.15) is 5.82 Å². The standard InChI is InChI=1S/C13H12FN3O/c14-10-4-2-1-3-9(10)13(18)17-6-5-11-12(7-17)16-8-15-11/h1-4,8H,5-7H2,(H,15,16). The fourth-order valence-corrected chi connectivity index (χ4v) is 2.19. The maximum atomic E-state index is 13.6. The maximum Gasteiger partial charge on any atom is 0.257 e. The van der Waals surface area contributed by atoms with Gasteiger partial charge in [-0.25, -0.2) is 9.37 Å². The second-order valence-corrected chi connectivity index (χ2v) is 4.28. The summed E-state index contributed by atoms with van der Waals surface area (Å²) in [6.45, 7) is 1.04. The molecule has 1 aromatic heterocycles. The topological polar surface area (TPSA) is 49.0 Å². The predicted octanol–water partition coefficient (Wildman–Crippen LogP) is 1.75. The molecule has 0 saturated heterocycles. The molecule has 0 saturated carbocycles. The molecule has 0 aliphatic carbocycles. The normalized spacial score (nSPS) is 14.4. The van der Waals surface area contributed by atoms with E-state index in [4.69, 9.17) is 0 Å². The molecule has 0 bridgehead atoms. The quantitative estimate of drug-likeness (QED) is 0.832. The van der Waals surface area contributed by atoms with E-state index in [1.54, 1.807) is 23.4 Å². The monoisotopic (exact) mass is 245 g/mol. The van der Waals surface area contributed by atoms with Crippen molar-refractivity contribution in [2.75, 3.05) is 6.54 Å². The lowest BCUT2D eigenvalue weighted by molar-refractivity contribution is 0.0727. The number of rotatable bonds is 1. The number of nitrogens with zero attached hydrogens (tertiary/aromatic N) is 2. The molecule has 4 nitrogen and oxygen atoms in total. The highest BCUT2D eigenvalue weighted by Gasteiger charge is 2.24. The largest absolute Gasteiger partial charge is 0.347 e. The van der Waals surface area contributed by atoms with Crippen LogP contribution in [0.25, 0.3) is 0 Å². The molecule has 92 valence electrons. The molecule has 1 aliphatic heterocycles. The van der Waals surface area contributed by atoms with Crippen molar-refractivity contribution in [2.24, 2.45) is 0 Å². The third-order valence-corrected chi connectivity index (χ3v) is 3.17. The van der Waals surface area contributed by atoms with Gasteiger partial charge in [-0.1, -0.05) is 12.1 Å². The number of imidazole rings is 1. The number of hydrogen-bond acceptors (Lipinski definition) is 2. The van der Waals surface area contributed by atoms with Crippen molar-refractivity contribution >= 4 is 5.91 Å². The SMILES string of the molecule is O=C(c1ccccc1F)N1CCc2nc[nH]c2C1. The molecule has 0 radical (unpaired) electrons. The second-order valence-electron chi connectivity index (χ2n) is 4.28. The van der Waals surface area contributed by atoms with Crippen LogP contribution in [0.3, 0.4) is 0 Å². The minimum Gasteiger partial charge on any atom is -0.347 e. The van der Waals surface area contributed by atoms with Gasteiger partial charge < -0.3 is 9.88 Å². The Kier molecular flexibility index (Phi) is 2.59. The second kappa shape index (κ2) is 4.25. The number of aromatic nitrogens is 2. The van der Waals surface area contributed by atoms with Crippen molar-refractivity contribution < 1.29 is 9.18 Å². The Labute approximate surface area is 103 Å². The van der Waals surface area contributed by atoms with Crippen molar-refractivity contribution in [3.63, 3.8) is 0 Å². The van der Waals surface area contributed by atoms with E-state index in [-0.39, 0.29) is 11.5 Å². The van der Waals surface area contributed by atoms with Gasteiger partial charge in [-0.2, -0.15) is 0 Å². The number of amides is 1. The van der Waals surface area contributed by atoms with E-state index >= 15 is 0 Å². The van der Waals surface area contributed by atoms with Gasteiger partial charge in [-0.3, -0.25) is 4.79 Å². The summed E-state index contributed by atoms with van der Waals surface area (Å²) >= 11 is 0. The summed E-state index contributed by atoms with van der Waals surface area (Å²) < 4.78 is 13.6. The Bertz CT molecular complexity index is 593. The lowest BCUT2D eigenvalue weighted by Crippen LogP contribution is -2.36. The van der Waals surface area contributed by atoms with Crippen LogP contribution in [0.4, 0.5) is 4.39 Å². The zero-order chi connectivity index (χ0) is 12.5. The van der Waals surface area contributed by atoms with Crippen molar-refractivity contribution in [3.8, 4) is 0 Å². The zero-order valence-corrected chi connectivity index (χ0v) is 9.69. The number of hydrogen-bond donors (Lipinski definition) is 1. The first kappa shape index (κ1) is 11.0. The lowest BCUT2D eigenvalue weighted by Gasteiger charge is -2.26. The van der Waals surface area contributed by atoms with Crippen LogP contribution in [-0.2, 0) is 13.0 Å². The first-order chi connectivity index (χ1) is 8.75. The van der Waals surface area contributed by atoms with Crippen molar-refractivity contribution in [2.45, 2.75) is 13.0 Å². The summed E-state index contributed by atoms with van der Waals surface area (Å²) in [4.78, 5) is 21.0. The van der Waals surface area contributed by atoms with Crippen LogP contribution in [-0.4, -0.2) is 27.3 Å². The summed E-state index contributed by atoms with van der Waals surface area (Å²) in [5.74, 6) is -0.744.